The monoisotopic (exact) mass is 382 g/mol. The summed E-state index contributed by atoms with van der Waals surface area (Å²) in [7, 11) is 0. The molecule has 0 aliphatic heterocycles. The number of ether oxygens (including phenoxy) is 1. The van der Waals surface area contributed by atoms with Gasteiger partial charge < -0.3 is 4.74 Å². The molecule has 0 fully saturated rings. The van der Waals surface area contributed by atoms with Gasteiger partial charge in [-0.1, -0.05) is 124 Å². The van der Waals surface area contributed by atoms with Crippen LogP contribution in [0.1, 0.15) is 143 Å². The summed E-state index contributed by atoms with van der Waals surface area (Å²) in [6.07, 6.45) is 24.5. The minimum atomic E-state index is 0.00307. The second-order valence-electron chi connectivity index (χ2n) is 8.60. The van der Waals surface area contributed by atoms with E-state index < -0.39 is 0 Å². The average Bonchev–Trinajstić information content (AvgIpc) is 2.66. The van der Waals surface area contributed by atoms with Gasteiger partial charge in [-0.15, -0.1) is 0 Å². The molecule has 27 heavy (non-hydrogen) atoms. The van der Waals surface area contributed by atoms with Crippen LogP contribution in [0.15, 0.2) is 0 Å². The maximum atomic E-state index is 11.7. The van der Waals surface area contributed by atoms with Gasteiger partial charge in [0.25, 0.3) is 0 Å². The average molecular weight is 383 g/mol. The fourth-order valence-electron chi connectivity index (χ4n) is 3.73. The molecule has 0 aromatic carbocycles. The van der Waals surface area contributed by atoms with E-state index in [-0.39, 0.29) is 5.97 Å². The van der Waals surface area contributed by atoms with Gasteiger partial charge in [0.15, 0.2) is 0 Å². The Morgan fingerprint density at radius 2 is 1.07 bits per heavy atom. The molecular formula is C25H50O2. The van der Waals surface area contributed by atoms with E-state index >= 15 is 0 Å². The van der Waals surface area contributed by atoms with Crippen molar-refractivity contribution in [1.29, 1.82) is 0 Å². The third kappa shape index (κ3) is 21.6. The topological polar surface area (TPSA) is 26.3 Å². The van der Waals surface area contributed by atoms with E-state index in [2.05, 4.69) is 20.8 Å². The fourth-order valence-corrected chi connectivity index (χ4v) is 3.73. The molecule has 0 aromatic heterocycles. The van der Waals surface area contributed by atoms with Crippen LogP contribution in [0.3, 0.4) is 0 Å². The molecule has 0 amide bonds. The summed E-state index contributed by atoms with van der Waals surface area (Å²) in [4.78, 5) is 11.7. The van der Waals surface area contributed by atoms with E-state index in [4.69, 9.17) is 4.74 Å². The normalized spacial score (nSPS) is 12.3. The quantitative estimate of drug-likeness (QED) is 0.147. The standard InChI is InChI=1S/C25H50O2/c1-4-6-7-8-9-10-11-12-13-14-15-16-17-18-19-23-27-25(26)22-21-24(3)20-5-2/h24H,4-23H2,1-3H3. The van der Waals surface area contributed by atoms with Crippen molar-refractivity contribution in [2.45, 2.75) is 143 Å². The smallest absolute Gasteiger partial charge is 0.305 e. The second-order valence-corrected chi connectivity index (χ2v) is 8.60. The molecule has 1 atom stereocenters. The SMILES string of the molecule is CCCCCCCCCCCCCCCCCOC(=O)CCC(C)CCC. The Balaban J connectivity index is 3.15. The van der Waals surface area contributed by atoms with Crippen LogP contribution < -0.4 is 0 Å². The maximum Gasteiger partial charge on any atom is 0.305 e. The van der Waals surface area contributed by atoms with Crippen molar-refractivity contribution in [3.8, 4) is 0 Å². The van der Waals surface area contributed by atoms with Crippen molar-refractivity contribution in [2.75, 3.05) is 6.61 Å². The van der Waals surface area contributed by atoms with Crippen LogP contribution >= 0.6 is 0 Å². The highest BCUT2D eigenvalue weighted by Gasteiger charge is 2.07. The van der Waals surface area contributed by atoms with Crippen molar-refractivity contribution in [1.82, 2.24) is 0 Å². The molecule has 162 valence electrons. The molecule has 2 heteroatoms. The number of unbranched alkanes of at least 4 members (excludes halogenated alkanes) is 14. The number of rotatable bonds is 21. The first-order valence-electron chi connectivity index (χ1n) is 12.4. The van der Waals surface area contributed by atoms with Crippen LogP contribution in [0.25, 0.3) is 0 Å². The van der Waals surface area contributed by atoms with Crippen molar-refractivity contribution in [3.05, 3.63) is 0 Å². The van der Waals surface area contributed by atoms with Crippen LogP contribution in [0, 0.1) is 5.92 Å². The van der Waals surface area contributed by atoms with Gasteiger partial charge in [0.05, 0.1) is 6.61 Å². The Hall–Kier alpha value is -0.530. The first kappa shape index (κ1) is 26.5. The highest BCUT2D eigenvalue weighted by molar-refractivity contribution is 5.69. The molecule has 0 spiro atoms. The zero-order valence-electron chi connectivity index (χ0n) is 19.0. The van der Waals surface area contributed by atoms with E-state index in [1.807, 2.05) is 0 Å². The largest absolute Gasteiger partial charge is 0.466 e. The first-order chi connectivity index (χ1) is 13.2. The Morgan fingerprint density at radius 1 is 0.630 bits per heavy atom. The Bertz CT molecular complexity index is 301. The molecule has 1 unspecified atom stereocenters. The van der Waals surface area contributed by atoms with Crippen molar-refractivity contribution in [2.24, 2.45) is 5.92 Å². The molecule has 0 saturated heterocycles. The molecule has 0 bridgehead atoms. The van der Waals surface area contributed by atoms with E-state index in [9.17, 15) is 4.79 Å². The third-order valence-corrected chi connectivity index (χ3v) is 5.63. The molecule has 0 radical (unpaired) electrons. The first-order valence-corrected chi connectivity index (χ1v) is 12.4. The van der Waals surface area contributed by atoms with Crippen LogP contribution in [-0.2, 0) is 9.53 Å². The lowest BCUT2D eigenvalue weighted by molar-refractivity contribution is -0.144. The number of hydrogen-bond donors (Lipinski definition) is 0. The third-order valence-electron chi connectivity index (χ3n) is 5.63. The highest BCUT2D eigenvalue weighted by atomic mass is 16.5. The van der Waals surface area contributed by atoms with Gasteiger partial charge in [-0.2, -0.15) is 0 Å². The van der Waals surface area contributed by atoms with E-state index in [1.165, 1.54) is 103 Å². The number of carbonyl (C=O) groups excluding carboxylic acids is 1. The van der Waals surface area contributed by atoms with Gasteiger partial charge in [-0.25, -0.2) is 0 Å². The number of carbonyl (C=O) groups is 1. The van der Waals surface area contributed by atoms with Crippen molar-refractivity contribution >= 4 is 5.97 Å². The molecule has 0 rings (SSSR count). The van der Waals surface area contributed by atoms with E-state index in [0.717, 1.165) is 12.8 Å². The van der Waals surface area contributed by atoms with Gasteiger partial charge >= 0.3 is 5.97 Å². The number of hydrogen-bond acceptors (Lipinski definition) is 2. The zero-order chi connectivity index (χ0) is 20.0. The molecule has 0 aromatic rings. The Morgan fingerprint density at radius 3 is 1.52 bits per heavy atom. The highest BCUT2D eigenvalue weighted by Crippen LogP contribution is 2.14. The minimum absolute atomic E-state index is 0.00307. The van der Waals surface area contributed by atoms with Crippen LogP contribution in [0.5, 0.6) is 0 Å². The van der Waals surface area contributed by atoms with E-state index in [0.29, 0.717) is 18.9 Å². The van der Waals surface area contributed by atoms with Crippen LogP contribution in [0.2, 0.25) is 0 Å². The predicted molar refractivity (Wildman–Crippen MR) is 119 cm³/mol. The molecule has 0 saturated carbocycles. The molecule has 0 heterocycles. The van der Waals surface area contributed by atoms with Gasteiger partial charge in [-0.3, -0.25) is 4.79 Å². The lowest BCUT2D eigenvalue weighted by Gasteiger charge is -2.09. The number of esters is 1. The maximum absolute atomic E-state index is 11.7. The lowest BCUT2D eigenvalue weighted by atomic mass is 10.0. The summed E-state index contributed by atoms with van der Waals surface area (Å²) >= 11 is 0. The molecule has 0 aliphatic rings. The molecule has 0 N–H and O–H groups in total. The van der Waals surface area contributed by atoms with Crippen LogP contribution in [0.4, 0.5) is 0 Å². The predicted octanol–water partition coefficient (Wildman–Crippen LogP) is 8.62. The zero-order valence-corrected chi connectivity index (χ0v) is 19.0. The molecule has 0 aliphatic carbocycles. The molecule has 2 nitrogen and oxygen atoms in total. The summed E-state index contributed by atoms with van der Waals surface area (Å²) in [5, 5.41) is 0. The van der Waals surface area contributed by atoms with Gasteiger partial charge in [0.2, 0.25) is 0 Å². The van der Waals surface area contributed by atoms with Crippen molar-refractivity contribution < 1.29 is 9.53 Å². The van der Waals surface area contributed by atoms with Gasteiger partial charge in [-0.05, 0) is 18.8 Å². The second kappa shape index (κ2) is 21.8. The summed E-state index contributed by atoms with van der Waals surface area (Å²) in [6, 6.07) is 0. The summed E-state index contributed by atoms with van der Waals surface area (Å²) < 4.78 is 5.35. The summed E-state index contributed by atoms with van der Waals surface area (Å²) in [5.41, 5.74) is 0. The van der Waals surface area contributed by atoms with Crippen molar-refractivity contribution in [3.63, 3.8) is 0 Å². The summed E-state index contributed by atoms with van der Waals surface area (Å²) in [5.74, 6) is 0.650. The summed E-state index contributed by atoms with van der Waals surface area (Å²) in [6.45, 7) is 7.33. The van der Waals surface area contributed by atoms with Gasteiger partial charge in [0, 0.05) is 6.42 Å². The lowest BCUT2D eigenvalue weighted by Crippen LogP contribution is -2.07. The van der Waals surface area contributed by atoms with Gasteiger partial charge in [0.1, 0.15) is 0 Å². The minimum Gasteiger partial charge on any atom is -0.466 e. The molecular weight excluding hydrogens is 332 g/mol. The van der Waals surface area contributed by atoms with E-state index in [1.54, 1.807) is 0 Å². The Labute approximate surface area is 171 Å². The van der Waals surface area contributed by atoms with Crippen LogP contribution in [-0.4, -0.2) is 12.6 Å². The Kier molecular flexibility index (Phi) is 21.3. The fraction of sp³-hybridized carbons (Fsp3) is 0.960.